The third-order valence-electron chi connectivity index (χ3n) is 4.72. The van der Waals surface area contributed by atoms with Crippen molar-refractivity contribution in [1.82, 2.24) is 15.2 Å². The molecule has 2 heterocycles. The number of hydrogen-bond donors (Lipinski definition) is 1. The molecule has 4 nitrogen and oxygen atoms in total. The first-order valence-electron chi connectivity index (χ1n) is 8.60. The van der Waals surface area contributed by atoms with Gasteiger partial charge in [0.25, 0.3) is 5.91 Å². The number of rotatable bonds is 4. The zero-order chi connectivity index (χ0) is 17.1. The van der Waals surface area contributed by atoms with E-state index in [1.807, 2.05) is 17.3 Å². The lowest BCUT2D eigenvalue weighted by atomic mass is 10.0. The number of piperidine rings is 1. The number of amides is 1. The average molecular weight is 343 g/mol. The van der Waals surface area contributed by atoms with Crippen LogP contribution in [0.4, 0.5) is 0 Å². The Morgan fingerprint density at radius 3 is 2.54 bits per heavy atom. The summed E-state index contributed by atoms with van der Waals surface area (Å²) in [4.78, 5) is 19.1. The summed E-state index contributed by atoms with van der Waals surface area (Å²) in [5.74, 6) is 0.550. The molecule has 1 aliphatic heterocycles. The van der Waals surface area contributed by atoms with Gasteiger partial charge in [0.2, 0.25) is 0 Å². The normalized spacial score (nSPS) is 15.7. The van der Waals surface area contributed by atoms with Crippen LogP contribution in [0.15, 0.2) is 29.6 Å². The maximum atomic E-state index is 12.7. The van der Waals surface area contributed by atoms with E-state index in [1.165, 1.54) is 16.9 Å². The highest BCUT2D eigenvalue weighted by Crippen LogP contribution is 2.26. The lowest BCUT2D eigenvalue weighted by Crippen LogP contribution is -2.44. The lowest BCUT2D eigenvalue weighted by Gasteiger charge is -2.31. The highest BCUT2D eigenvalue weighted by atomic mass is 32.1. The van der Waals surface area contributed by atoms with Crippen LogP contribution in [-0.2, 0) is 0 Å². The third kappa shape index (κ3) is 3.68. The van der Waals surface area contributed by atoms with Crippen molar-refractivity contribution in [2.24, 2.45) is 0 Å². The van der Waals surface area contributed by atoms with Gasteiger partial charge in [0.15, 0.2) is 0 Å². The van der Waals surface area contributed by atoms with Crippen LogP contribution in [0.5, 0.6) is 0 Å². The van der Waals surface area contributed by atoms with Crippen LogP contribution in [0, 0.1) is 0 Å². The summed E-state index contributed by atoms with van der Waals surface area (Å²) >= 11 is 1.54. The van der Waals surface area contributed by atoms with E-state index >= 15 is 0 Å². The fourth-order valence-electron chi connectivity index (χ4n) is 3.06. The molecule has 5 heteroatoms. The Kier molecular flexibility index (Phi) is 5.31. The van der Waals surface area contributed by atoms with Gasteiger partial charge in [0.05, 0.1) is 0 Å². The van der Waals surface area contributed by atoms with Crippen molar-refractivity contribution < 1.29 is 4.79 Å². The van der Waals surface area contributed by atoms with Gasteiger partial charge in [-0.3, -0.25) is 4.79 Å². The minimum absolute atomic E-state index is 0.0307. The van der Waals surface area contributed by atoms with E-state index in [-0.39, 0.29) is 5.91 Å². The van der Waals surface area contributed by atoms with Crippen molar-refractivity contribution in [1.29, 1.82) is 0 Å². The molecular formula is C19H25N3OS. The summed E-state index contributed by atoms with van der Waals surface area (Å²) in [5.41, 5.74) is 2.95. The van der Waals surface area contributed by atoms with Crippen molar-refractivity contribution in [3.8, 4) is 10.6 Å². The predicted molar refractivity (Wildman–Crippen MR) is 99.6 cm³/mol. The van der Waals surface area contributed by atoms with Crippen LogP contribution in [0.2, 0.25) is 0 Å². The third-order valence-corrected chi connectivity index (χ3v) is 5.62. The second-order valence-corrected chi connectivity index (χ2v) is 7.57. The van der Waals surface area contributed by atoms with E-state index in [9.17, 15) is 4.79 Å². The van der Waals surface area contributed by atoms with Crippen molar-refractivity contribution >= 4 is 17.2 Å². The van der Waals surface area contributed by atoms with Crippen LogP contribution in [0.3, 0.4) is 0 Å². The largest absolute Gasteiger partial charge is 0.337 e. The number of nitrogens with one attached hydrogen (secondary N) is 1. The molecule has 1 saturated heterocycles. The molecular weight excluding hydrogens is 318 g/mol. The van der Waals surface area contributed by atoms with E-state index < -0.39 is 0 Å². The number of carbonyl (C=O) groups is 1. The molecule has 0 aliphatic carbocycles. The molecule has 0 bridgehead atoms. The molecule has 0 radical (unpaired) electrons. The average Bonchev–Trinajstić information content (AvgIpc) is 3.11. The number of hydrogen-bond acceptors (Lipinski definition) is 4. The first kappa shape index (κ1) is 17.1. The molecule has 24 heavy (non-hydrogen) atoms. The Hall–Kier alpha value is -1.72. The van der Waals surface area contributed by atoms with Gasteiger partial charge in [-0.25, -0.2) is 4.98 Å². The molecule has 0 saturated carbocycles. The molecule has 1 aromatic carbocycles. The van der Waals surface area contributed by atoms with Gasteiger partial charge >= 0.3 is 0 Å². The van der Waals surface area contributed by atoms with Crippen molar-refractivity contribution in [2.75, 3.05) is 20.1 Å². The molecule has 1 amide bonds. The van der Waals surface area contributed by atoms with Gasteiger partial charge in [-0.2, -0.15) is 0 Å². The van der Waals surface area contributed by atoms with Crippen LogP contribution in [0.25, 0.3) is 10.6 Å². The fourth-order valence-corrected chi connectivity index (χ4v) is 3.86. The summed E-state index contributed by atoms with van der Waals surface area (Å²) in [6, 6.07) is 8.79. The highest BCUT2D eigenvalue weighted by molar-refractivity contribution is 7.13. The minimum Gasteiger partial charge on any atom is -0.337 e. The van der Waals surface area contributed by atoms with Crippen LogP contribution in [0.1, 0.15) is 48.7 Å². The number of benzene rings is 1. The summed E-state index contributed by atoms with van der Waals surface area (Å²) in [7, 11) is 1.90. The van der Waals surface area contributed by atoms with Gasteiger partial charge in [-0.15, -0.1) is 11.3 Å². The van der Waals surface area contributed by atoms with Gasteiger partial charge in [-0.05, 0) is 37.4 Å². The molecule has 0 atom stereocenters. The Labute approximate surface area is 147 Å². The zero-order valence-electron chi connectivity index (χ0n) is 14.6. The van der Waals surface area contributed by atoms with Crippen LogP contribution >= 0.6 is 11.3 Å². The molecule has 1 aromatic heterocycles. The topological polar surface area (TPSA) is 45.2 Å². The second kappa shape index (κ2) is 7.45. The van der Waals surface area contributed by atoms with Gasteiger partial charge in [-0.1, -0.05) is 38.1 Å². The van der Waals surface area contributed by atoms with Crippen LogP contribution in [-0.4, -0.2) is 42.0 Å². The Balaban J connectivity index is 1.73. The number of thiazole rings is 1. The summed E-state index contributed by atoms with van der Waals surface area (Å²) in [6.45, 7) is 6.33. The zero-order valence-corrected chi connectivity index (χ0v) is 15.4. The standard InChI is InChI=1S/C19H25N3OS/c1-13(2)14-4-6-15(7-5-14)18-21-17(12-24-18)19(23)22(3)16-8-10-20-11-9-16/h4-7,12-13,16,20H,8-11H2,1-3H3. The van der Waals surface area contributed by atoms with Crippen LogP contribution < -0.4 is 5.32 Å². The molecule has 0 spiro atoms. The lowest BCUT2D eigenvalue weighted by molar-refractivity contribution is 0.0698. The van der Waals surface area contributed by atoms with E-state index in [0.717, 1.165) is 36.5 Å². The quantitative estimate of drug-likeness (QED) is 0.919. The molecule has 1 fully saturated rings. The monoisotopic (exact) mass is 343 g/mol. The summed E-state index contributed by atoms with van der Waals surface area (Å²) in [6.07, 6.45) is 2.02. The van der Waals surface area contributed by atoms with E-state index in [2.05, 4.69) is 48.4 Å². The minimum atomic E-state index is 0.0307. The smallest absolute Gasteiger partial charge is 0.273 e. The predicted octanol–water partition coefficient (Wildman–Crippen LogP) is 3.76. The maximum Gasteiger partial charge on any atom is 0.273 e. The first-order chi connectivity index (χ1) is 11.6. The van der Waals surface area contributed by atoms with E-state index in [0.29, 0.717) is 17.7 Å². The Morgan fingerprint density at radius 1 is 1.25 bits per heavy atom. The Bertz CT molecular complexity index is 687. The molecule has 1 aliphatic rings. The molecule has 2 aromatic rings. The second-order valence-electron chi connectivity index (χ2n) is 6.71. The van der Waals surface area contributed by atoms with Gasteiger partial charge in [0.1, 0.15) is 10.7 Å². The number of aromatic nitrogens is 1. The molecule has 3 rings (SSSR count). The highest BCUT2D eigenvalue weighted by Gasteiger charge is 2.24. The van der Waals surface area contributed by atoms with Gasteiger partial charge < -0.3 is 10.2 Å². The van der Waals surface area contributed by atoms with E-state index in [1.54, 1.807) is 0 Å². The number of nitrogens with zero attached hydrogens (tertiary/aromatic N) is 2. The summed E-state index contributed by atoms with van der Waals surface area (Å²) < 4.78 is 0. The van der Waals surface area contributed by atoms with Crippen molar-refractivity contribution in [3.63, 3.8) is 0 Å². The Morgan fingerprint density at radius 2 is 1.92 bits per heavy atom. The summed E-state index contributed by atoms with van der Waals surface area (Å²) in [5, 5.41) is 6.12. The number of carbonyl (C=O) groups excluding carboxylic acids is 1. The maximum absolute atomic E-state index is 12.7. The van der Waals surface area contributed by atoms with Crippen molar-refractivity contribution in [3.05, 3.63) is 40.9 Å². The SMILES string of the molecule is CC(C)c1ccc(-c2nc(C(=O)N(C)C3CCNCC3)cs2)cc1. The van der Waals surface area contributed by atoms with Crippen molar-refractivity contribution in [2.45, 2.75) is 38.6 Å². The van der Waals surface area contributed by atoms with E-state index in [4.69, 9.17) is 0 Å². The molecule has 128 valence electrons. The fraction of sp³-hybridized carbons (Fsp3) is 0.474. The first-order valence-corrected chi connectivity index (χ1v) is 9.48. The van der Waals surface area contributed by atoms with Gasteiger partial charge in [0, 0.05) is 24.0 Å². The molecule has 0 unspecified atom stereocenters. The molecule has 1 N–H and O–H groups in total.